The molecule has 1 fully saturated rings. The zero-order valence-electron chi connectivity index (χ0n) is 13.5. The van der Waals surface area contributed by atoms with Crippen molar-refractivity contribution >= 4 is 0 Å². The number of nitrogens with zero attached hydrogens (tertiary/aromatic N) is 2. The molecule has 0 unspecified atom stereocenters. The summed E-state index contributed by atoms with van der Waals surface area (Å²) in [5, 5.41) is 0. The van der Waals surface area contributed by atoms with Crippen LogP contribution in [0.3, 0.4) is 0 Å². The molecule has 1 saturated heterocycles. The van der Waals surface area contributed by atoms with Crippen LogP contribution >= 0.6 is 0 Å². The van der Waals surface area contributed by atoms with Gasteiger partial charge in [-0.15, -0.1) is 0 Å². The third-order valence-corrected chi connectivity index (χ3v) is 4.73. The Morgan fingerprint density at radius 3 is 2.75 bits per heavy atom. The Labute approximate surface area is 141 Å². The van der Waals surface area contributed by atoms with Crippen LogP contribution in [0.1, 0.15) is 30.3 Å². The average Bonchev–Trinajstić information content (AvgIpc) is 3.28. The second kappa shape index (κ2) is 6.57. The van der Waals surface area contributed by atoms with E-state index in [9.17, 15) is 4.39 Å². The van der Waals surface area contributed by atoms with Gasteiger partial charge in [0.25, 0.3) is 0 Å². The van der Waals surface area contributed by atoms with Gasteiger partial charge in [-0.3, -0.25) is 4.90 Å². The number of nitrogens with one attached hydrogen (secondary N) is 1. The third-order valence-electron chi connectivity index (χ3n) is 4.73. The van der Waals surface area contributed by atoms with Crippen molar-refractivity contribution in [2.75, 3.05) is 6.54 Å². The minimum Gasteiger partial charge on any atom is -0.347 e. The maximum atomic E-state index is 14.6. The predicted molar refractivity (Wildman–Crippen MR) is 92.8 cm³/mol. The molecule has 1 aliphatic heterocycles. The van der Waals surface area contributed by atoms with Crippen LogP contribution in [0.4, 0.5) is 4.39 Å². The van der Waals surface area contributed by atoms with Crippen LogP contribution in [0, 0.1) is 5.82 Å². The summed E-state index contributed by atoms with van der Waals surface area (Å²) in [6.07, 6.45) is 5.81. The Hall–Kier alpha value is -2.46. The van der Waals surface area contributed by atoms with Crippen molar-refractivity contribution in [1.29, 1.82) is 0 Å². The van der Waals surface area contributed by atoms with Gasteiger partial charge in [-0.25, -0.2) is 9.37 Å². The van der Waals surface area contributed by atoms with Crippen LogP contribution < -0.4 is 0 Å². The fraction of sp³-hybridized carbons (Fsp3) is 0.250. The van der Waals surface area contributed by atoms with Crippen LogP contribution in [-0.2, 0) is 6.54 Å². The van der Waals surface area contributed by atoms with Gasteiger partial charge in [-0.2, -0.15) is 0 Å². The molecule has 2 heterocycles. The van der Waals surface area contributed by atoms with Crippen LogP contribution in [0.25, 0.3) is 11.1 Å². The first-order valence-corrected chi connectivity index (χ1v) is 8.38. The molecule has 3 aromatic rings. The fourth-order valence-electron chi connectivity index (χ4n) is 3.49. The molecule has 122 valence electrons. The lowest BCUT2D eigenvalue weighted by Gasteiger charge is -2.23. The van der Waals surface area contributed by atoms with Crippen molar-refractivity contribution in [1.82, 2.24) is 14.9 Å². The van der Waals surface area contributed by atoms with Gasteiger partial charge in [0.15, 0.2) is 0 Å². The summed E-state index contributed by atoms with van der Waals surface area (Å²) >= 11 is 0. The molecule has 4 heteroatoms. The van der Waals surface area contributed by atoms with E-state index in [1.807, 2.05) is 48.7 Å². The number of aromatic nitrogens is 2. The molecular weight excluding hydrogens is 301 g/mol. The lowest BCUT2D eigenvalue weighted by atomic mass is 10.0. The summed E-state index contributed by atoms with van der Waals surface area (Å²) in [6.45, 7) is 1.59. The standard InChI is InChI=1S/C20H20FN3/c21-18-13-16(15-5-2-1-3-6-15)8-9-17(18)14-24-12-4-7-19(24)20-22-10-11-23-20/h1-3,5-6,8-11,13,19H,4,7,12,14H2,(H,22,23)/t19-/m1/s1. The Morgan fingerprint density at radius 1 is 1.12 bits per heavy atom. The van der Waals surface area contributed by atoms with Gasteiger partial charge < -0.3 is 4.98 Å². The van der Waals surface area contributed by atoms with Gasteiger partial charge in [-0.1, -0.05) is 42.5 Å². The second-order valence-corrected chi connectivity index (χ2v) is 6.28. The van der Waals surface area contributed by atoms with Crippen molar-refractivity contribution < 1.29 is 4.39 Å². The van der Waals surface area contributed by atoms with E-state index in [-0.39, 0.29) is 11.9 Å². The van der Waals surface area contributed by atoms with Crippen molar-refractivity contribution in [2.24, 2.45) is 0 Å². The number of halogens is 1. The number of likely N-dealkylation sites (tertiary alicyclic amines) is 1. The van der Waals surface area contributed by atoms with E-state index in [1.165, 1.54) is 0 Å². The first-order valence-electron chi connectivity index (χ1n) is 8.38. The number of hydrogen-bond donors (Lipinski definition) is 1. The molecule has 0 spiro atoms. The summed E-state index contributed by atoms with van der Waals surface area (Å²) < 4.78 is 14.6. The largest absolute Gasteiger partial charge is 0.347 e. The minimum absolute atomic E-state index is 0.138. The van der Waals surface area contributed by atoms with Gasteiger partial charge in [0.2, 0.25) is 0 Å². The molecule has 1 N–H and O–H groups in total. The maximum absolute atomic E-state index is 14.6. The average molecular weight is 321 g/mol. The quantitative estimate of drug-likeness (QED) is 0.764. The zero-order chi connectivity index (χ0) is 16.4. The summed E-state index contributed by atoms with van der Waals surface area (Å²) in [5.41, 5.74) is 2.70. The van der Waals surface area contributed by atoms with Gasteiger partial charge in [0.1, 0.15) is 11.6 Å². The molecule has 4 rings (SSSR count). The third kappa shape index (κ3) is 2.97. The van der Waals surface area contributed by atoms with Gasteiger partial charge in [0.05, 0.1) is 6.04 Å². The van der Waals surface area contributed by atoms with E-state index < -0.39 is 0 Å². The molecule has 0 bridgehead atoms. The molecule has 0 aliphatic carbocycles. The number of hydrogen-bond acceptors (Lipinski definition) is 2. The highest BCUT2D eigenvalue weighted by atomic mass is 19.1. The van der Waals surface area contributed by atoms with Crippen LogP contribution in [0.5, 0.6) is 0 Å². The van der Waals surface area contributed by atoms with E-state index in [0.717, 1.165) is 41.9 Å². The summed E-state index contributed by atoms with van der Waals surface area (Å²) in [5.74, 6) is 0.843. The van der Waals surface area contributed by atoms with Crippen LogP contribution in [0.15, 0.2) is 60.9 Å². The number of imidazole rings is 1. The van der Waals surface area contributed by atoms with Gasteiger partial charge in [0, 0.05) is 24.5 Å². The number of benzene rings is 2. The summed E-state index contributed by atoms with van der Waals surface area (Å²) in [7, 11) is 0. The van der Waals surface area contributed by atoms with E-state index in [0.29, 0.717) is 6.54 Å². The first kappa shape index (κ1) is 15.1. The maximum Gasteiger partial charge on any atom is 0.128 e. The van der Waals surface area contributed by atoms with Crippen molar-refractivity contribution in [3.63, 3.8) is 0 Å². The van der Waals surface area contributed by atoms with Gasteiger partial charge in [-0.05, 0) is 36.6 Å². The summed E-state index contributed by atoms with van der Waals surface area (Å²) in [4.78, 5) is 9.87. The topological polar surface area (TPSA) is 31.9 Å². The Morgan fingerprint density at radius 2 is 2.00 bits per heavy atom. The second-order valence-electron chi connectivity index (χ2n) is 6.28. The Kier molecular flexibility index (Phi) is 4.13. The molecule has 2 aromatic carbocycles. The first-order chi connectivity index (χ1) is 11.8. The molecule has 1 aromatic heterocycles. The monoisotopic (exact) mass is 321 g/mol. The van der Waals surface area contributed by atoms with E-state index in [4.69, 9.17) is 0 Å². The Bertz CT molecular complexity index is 799. The van der Waals surface area contributed by atoms with Crippen LogP contribution in [0.2, 0.25) is 0 Å². The van der Waals surface area contributed by atoms with Crippen LogP contribution in [-0.4, -0.2) is 21.4 Å². The number of H-pyrrole nitrogens is 1. The molecule has 0 amide bonds. The smallest absolute Gasteiger partial charge is 0.128 e. The minimum atomic E-state index is -0.138. The lowest BCUT2D eigenvalue weighted by Crippen LogP contribution is -2.24. The van der Waals surface area contributed by atoms with E-state index in [2.05, 4.69) is 14.9 Å². The van der Waals surface area contributed by atoms with Crippen molar-refractivity contribution in [2.45, 2.75) is 25.4 Å². The highest BCUT2D eigenvalue weighted by Gasteiger charge is 2.28. The molecule has 0 radical (unpaired) electrons. The van der Waals surface area contributed by atoms with Crippen molar-refractivity contribution in [3.8, 4) is 11.1 Å². The molecule has 24 heavy (non-hydrogen) atoms. The Balaban J connectivity index is 1.55. The molecule has 3 nitrogen and oxygen atoms in total. The fourth-order valence-corrected chi connectivity index (χ4v) is 3.49. The number of aromatic amines is 1. The highest BCUT2D eigenvalue weighted by Crippen LogP contribution is 2.32. The molecule has 1 aliphatic rings. The van der Waals surface area contributed by atoms with E-state index in [1.54, 1.807) is 12.3 Å². The van der Waals surface area contributed by atoms with Gasteiger partial charge >= 0.3 is 0 Å². The zero-order valence-corrected chi connectivity index (χ0v) is 13.5. The SMILES string of the molecule is Fc1cc(-c2ccccc2)ccc1CN1CCC[C@@H]1c1ncc[nH]1. The number of rotatable bonds is 4. The predicted octanol–water partition coefficient (Wildman–Crippen LogP) is 4.55. The molecule has 1 atom stereocenters. The lowest BCUT2D eigenvalue weighted by molar-refractivity contribution is 0.237. The molecular formula is C20H20FN3. The summed E-state index contributed by atoms with van der Waals surface area (Å²) in [6, 6.07) is 15.7. The highest BCUT2D eigenvalue weighted by molar-refractivity contribution is 5.63. The van der Waals surface area contributed by atoms with Crippen molar-refractivity contribution in [3.05, 3.63) is 78.1 Å². The normalized spacial score (nSPS) is 18.1. The molecule has 0 saturated carbocycles. The van der Waals surface area contributed by atoms with E-state index >= 15 is 0 Å².